The van der Waals surface area contributed by atoms with Gasteiger partial charge in [-0.05, 0) is 25.1 Å². The van der Waals surface area contributed by atoms with E-state index in [2.05, 4.69) is 5.32 Å². The molecule has 1 amide bonds. The maximum Gasteiger partial charge on any atom is 0.261 e. The van der Waals surface area contributed by atoms with Crippen LogP contribution in [0.25, 0.3) is 0 Å². The SMILES string of the molecule is CNC(=O)c1cc(S(=O)(=O)N2C[C@@H](N)[C@H](c3ccc(C)o3)C2)cs1. The predicted octanol–water partition coefficient (Wildman–Crippen LogP) is 1.12. The van der Waals surface area contributed by atoms with E-state index >= 15 is 0 Å². The van der Waals surface area contributed by atoms with Gasteiger partial charge in [0.2, 0.25) is 10.0 Å². The Bertz CT molecular complexity index is 856. The first kappa shape index (κ1) is 17.2. The summed E-state index contributed by atoms with van der Waals surface area (Å²) in [6.45, 7) is 2.32. The van der Waals surface area contributed by atoms with Crippen LogP contribution in [-0.2, 0) is 10.0 Å². The Kier molecular flexibility index (Phi) is 4.52. The average Bonchev–Trinajstić information content (AvgIpc) is 3.25. The molecule has 2 aromatic heterocycles. The van der Waals surface area contributed by atoms with Crippen molar-refractivity contribution in [2.45, 2.75) is 23.8 Å². The van der Waals surface area contributed by atoms with Gasteiger partial charge in [0, 0.05) is 37.5 Å². The molecule has 0 spiro atoms. The fourth-order valence-electron chi connectivity index (χ4n) is 2.79. The fraction of sp³-hybridized carbons (Fsp3) is 0.400. The number of rotatable bonds is 4. The maximum atomic E-state index is 12.8. The molecule has 0 unspecified atom stereocenters. The number of carbonyl (C=O) groups excluding carboxylic acids is 1. The summed E-state index contributed by atoms with van der Waals surface area (Å²) in [4.78, 5) is 12.1. The highest BCUT2D eigenvalue weighted by Gasteiger charge is 2.40. The van der Waals surface area contributed by atoms with Gasteiger partial charge in [-0.2, -0.15) is 4.31 Å². The fourth-order valence-corrected chi connectivity index (χ4v) is 5.50. The van der Waals surface area contributed by atoms with Crippen LogP contribution in [0.5, 0.6) is 0 Å². The van der Waals surface area contributed by atoms with Crippen molar-refractivity contribution in [1.29, 1.82) is 0 Å². The lowest BCUT2D eigenvalue weighted by Gasteiger charge is -2.14. The first-order valence-corrected chi connectivity index (χ1v) is 9.77. The van der Waals surface area contributed by atoms with Crippen LogP contribution < -0.4 is 11.1 Å². The molecule has 0 bridgehead atoms. The molecule has 7 nitrogen and oxygen atoms in total. The molecule has 1 aliphatic rings. The van der Waals surface area contributed by atoms with Gasteiger partial charge < -0.3 is 15.5 Å². The molecule has 0 radical (unpaired) electrons. The lowest BCUT2D eigenvalue weighted by Crippen LogP contribution is -2.32. The number of sulfonamides is 1. The Morgan fingerprint density at radius 2 is 2.17 bits per heavy atom. The van der Waals surface area contributed by atoms with Crippen molar-refractivity contribution in [3.63, 3.8) is 0 Å². The summed E-state index contributed by atoms with van der Waals surface area (Å²) in [5.41, 5.74) is 6.13. The Hall–Kier alpha value is -1.68. The summed E-state index contributed by atoms with van der Waals surface area (Å²) >= 11 is 1.10. The maximum absolute atomic E-state index is 12.8. The molecule has 24 heavy (non-hydrogen) atoms. The summed E-state index contributed by atoms with van der Waals surface area (Å²) in [7, 11) is -2.18. The van der Waals surface area contributed by atoms with E-state index in [0.29, 0.717) is 10.6 Å². The Labute approximate surface area is 144 Å². The third kappa shape index (κ3) is 3.00. The minimum absolute atomic E-state index is 0.120. The van der Waals surface area contributed by atoms with Gasteiger partial charge in [-0.3, -0.25) is 4.79 Å². The van der Waals surface area contributed by atoms with Gasteiger partial charge in [0.15, 0.2) is 0 Å². The number of hydrogen-bond acceptors (Lipinski definition) is 6. The number of nitrogens with zero attached hydrogens (tertiary/aromatic N) is 1. The van der Waals surface area contributed by atoms with E-state index in [9.17, 15) is 13.2 Å². The number of hydrogen-bond donors (Lipinski definition) is 2. The van der Waals surface area contributed by atoms with Crippen molar-refractivity contribution in [3.05, 3.63) is 40.0 Å². The van der Waals surface area contributed by atoms with Gasteiger partial charge >= 0.3 is 0 Å². The normalized spacial score (nSPS) is 22.0. The smallest absolute Gasteiger partial charge is 0.261 e. The summed E-state index contributed by atoms with van der Waals surface area (Å²) in [5, 5.41) is 3.97. The predicted molar refractivity (Wildman–Crippen MR) is 90.6 cm³/mol. The van der Waals surface area contributed by atoms with Gasteiger partial charge in [-0.1, -0.05) is 0 Å². The number of nitrogens with one attached hydrogen (secondary N) is 1. The molecule has 1 saturated heterocycles. The third-order valence-corrected chi connectivity index (χ3v) is 7.01. The number of nitrogens with two attached hydrogens (primary N) is 1. The standard InChI is InChI=1S/C15H19N3O4S2/c1-9-3-4-13(22-9)11-6-18(7-12(11)16)24(20,21)10-5-14(23-8-10)15(19)17-2/h3-5,8,11-12H,6-7,16H2,1-2H3,(H,17,19)/t11-,12-/m1/s1. The Balaban J connectivity index is 1.83. The molecule has 9 heteroatoms. The monoisotopic (exact) mass is 369 g/mol. The topological polar surface area (TPSA) is 106 Å². The van der Waals surface area contributed by atoms with Crippen LogP contribution in [-0.4, -0.2) is 44.8 Å². The van der Waals surface area contributed by atoms with E-state index < -0.39 is 10.0 Å². The van der Waals surface area contributed by atoms with Crippen molar-refractivity contribution in [2.24, 2.45) is 5.73 Å². The van der Waals surface area contributed by atoms with Crippen LogP contribution in [0, 0.1) is 6.92 Å². The molecule has 0 aliphatic carbocycles. The zero-order valence-electron chi connectivity index (χ0n) is 13.4. The molecule has 3 heterocycles. The minimum atomic E-state index is -3.68. The van der Waals surface area contributed by atoms with E-state index in [1.165, 1.54) is 22.8 Å². The zero-order chi connectivity index (χ0) is 17.5. The van der Waals surface area contributed by atoms with Gasteiger partial charge in [0.1, 0.15) is 11.5 Å². The Morgan fingerprint density at radius 3 is 2.79 bits per heavy atom. The number of amides is 1. The second kappa shape index (κ2) is 6.32. The Morgan fingerprint density at radius 1 is 1.42 bits per heavy atom. The average molecular weight is 369 g/mol. The van der Waals surface area contributed by atoms with Crippen LogP contribution in [0.1, 0.15) is 27.1 Å². The van der Waals surface area contributed by atoms with E-state index in [1.807, 2.05) is 19.1 Å². The summed E-state index contributed by atoms with van der Waals surface area (Å²) < 4.78 is 32.6. The van der Waals surface area contributed by atoms with E-state index in [1.54, 1.807) is 0 Å². The van der Waals surface area contributed by atoms with Gasteiger partial charge in [0.05, 0.1) is 9.77 Å². The second-order valence-corrected chi connectivity index (χ2v) is 8.62. The van der Waals surface area contributed by atoms with Crippen LogP contribution in [0.2, 0.25) is 0 Å². The lowest BCUT2D eigenvalue weighted by molar-refractivity contribution is 0.0967. The molecular formula is C15H19N3O4S2. The first-order valence-electron chi connectivity index (χ1n) is 7.45. The van der Waals surface area contributed by atoms with Gasteiger partial charge in [-0.25, -0.2) is 8.42 Å². The molecule has 0 saturated carbocycles. The molecule has 2 aromatic rings. The lowest BCUT2D eigenvalue weighted by atomic mass is 10.0. The van der Waals surface area contributed by atoms with Crippen LogP contribution in [0.4, 0.5) is 0 Å². The molecular weight excluding hydrogens is 350 g/mol. The summed E-state index contributed by atoms with van der Waals surface area (Å²) in [5.74, 6) is 0.995. The quantitative estimate of drug-likeness (QED) is 0.840. The zero-order valence-corrected chi connectivity index (χ0v) is 15.0. The number of furan rings is 1. The highest BCUT2D eigenvalue weighted by molar-refractivity contribution is 7.89. The van der Waals surface area contributed by atoms with Crippen molar-refractivity contribution < 1.29 is 17.6 Å². The largest absolute Gasteiger partial charge is 0.466 e. The van der Waals surface area contributed by atoms with Crippen molar-refractivity contribution >= 4 is 27.3 Å². The van der Waals surface area contributed by atoms with Crippen molar-refractivity contribution in [3.8, 4) is 0 Å². The number of aryl methyl sites for hydroxylation is 1. The molecule has 3 rings (SSSR count). The summed E-state index contributed by atoms with van der Waals surface area (Å²) in [6, 6.07) is 4.74. The molecule has 130 valence electrons. The number of thiophene rings is 1. The van der Waals surface area contributed by atoms with Crippen LogP contribution in [0.3, 0.4) is 0 Å². The minimum Gasteiger partial charge on any atom is -0.466 e. The van der Waals surface area contributed by atoms with E-state index in [4.69, 9.17) is 10.2 Å². The van der Waals surface area contributed by atoms with E-state index in [0.717, 1.165) is 17.1 Å². The highest BCUT2D eigenvalue weighted by atomic mass is 32.2. The second-order valence-electron chi connectivity index (χ2n) is 5.77. The molecule has 0 aromatic carbocycles. The molecule has 1 fully saturated rings. The van der Waals surface area contributed by atoms with Crippen LogP contribution in [0.15, 0.2) is 32.9 Å². The highest BCUT2D eigenvalue weighted by Crippen LogP contribution is 2.32. The van der Waals surface area contributed by atoms with Crippen LogP contribution >= 0.6 is 11.3 Å². The molecule has 3 N–H and O–H groups in total. The number of carbonyl (C=O) groups is 1. The third-order valence-electron chi connectivity index (χ3n) is 4.12. The molecule has 2 atom stereocenters. The molecule has 1 aliphatic heterocycles. The van der Waals surface area contributed by atoms with Crippen molar-refractivity contribution in [1.82, 2.24) is 9.62 Å². The van der Waals surface area contributed by atoms with Gasteiger partial charge in [0.25, 0.3) is 5.91 Å². The van der Waals surface area contributed by atoms with E-state index in [-0.39, 0.29) is 35.9 Å². The van der Waals surface area contributed by atoms with Crippen molar-refractivity contribution in [2.75, 3.05) is 20.1 Å². The first-order chi connectivity index (χ1) is 11.3. The summed E-state index contributed by atoms with van der Waals surface area (Å²) in [6.07, 6.45) is 0. The van der Waals surface area contributed by atoms with Gasteiger partial charge in [-0.15, -0.1) is 11.3 Å².